The van der Waals surface area contributed by atoms with Crippen molar-refractivity contribution in [2.45, 2.75) is 13.0 Å². The minimum atomic E-state index is -0.419. The molecule has 6 nitrogen and oxygen atoms in total. The smallest absolute Gasteiger partial charge is 0.247 e. The van der Waals surface area contributed by atoms with Crippen LogP contribution in [0.4, 0.5) is 5.82 Å². The van der Waals surface area contributed by atoms with Gasteiger partial charge in [0.2, 0.25) is 5.91 Å². The van der Waals surface area contributed by atoms with E-state index >= 15 is 0 Å². The van der Waals surface area contributed by atoms with Crippen molar-refractivity contribution in [1.29, 1.82) is 0 Å². The van der Waals surface area contributed by atoms with E-state index in [0.29, 0.717) is 18.1 Å². The van der Waals surface area contributed by atoms with Gasteiger partial charge in [-0.2, -0.15) is 5.10 Å². The van der Waals surface area contributed by atoms with Crippen LogP contribution in [0.2, 0.25) is 5.02 Å². The van der Waals surface area contributed by atoms with Crippen molar-refractivity contribution in [2.75, 3.05) is 31.1 Å². The van der Waals surface area contributed by atoms with Gasteiger partial charge in [-0.1, -0.05) is 48.0 Å². The number of hydrogen-bond acceptors (Lipinski definition) is 4. The number of hydrogen-bond donors (Lipinski definition) is 0. The van der Waals surface area contributed by atoms with E-state index in [1.54, 1.807) is 6.20 Å². The van der Waals surface area contributed by atoms with E-state index in [1.165, 1.54) is 0 Å². The van der Waals surface area contributed by atoms with Crippen molar-refractivity contribution in [1.82, 2.24) is 19.7 Å². The highest BCUT2D eigenvalue weighted by Gasteiger charge is 2.28. The number of carbonyl (C=O) groups excluding carboxylic acids is 1. The zero-order valence-corrected chi connectivity index (χ0v) is 18.6. The molecule has 1 aliphatic rings. The quantitative estimate of drug-likeness (QED) is 0.458. The van der Waals surface area contributed by atoms with Crippen molar-refractivity contribution in [2.24, 2.45) is 0 Å². The summed E-state index contributed by atoms with van der Waals surface area (Å²) in [5.74, 6) is 1.03. The third-order valence-corrected chi connectivity index (χ3v) is 6.24. The first-order chi connectivity index (χ1) is 15.6. The first-order valence-electron chi connectivity index (χ1n) is 10.8. The van der Waals surface area contributed by atoms with Crippen molar-refractivity contribution in [3.8, 4) is 11.3 Å². The van der Waals surface area contributed by atoms with Crippen molar-refractivity contribution in [3.05, 3.63) is 77.9 Å². The fourth-order valence-corrected chi connectivity index (χ4v) is 4.46. The van der Waals surface area contributed by atoms with Crippen LogP contribution in [0, 0.1) is 0 Å². The fourth-order valence-electron chi connectivity index (χ4n) is 4.28. The van der Waals surface area contributed by atoms with Gasteiger partial charge in [0.15, 0.2) is 0 Å². The average Bonchev–Trinajstić information content (AvgIpc) is 3.23. The van der Waals surface area contributed by atoms with Crippen molar-refractivity contribution < 1.29 is 4.79 Å². The van der Waals surface area contributed by atoms with E-state index in [0.717, 1.165) is 41.1 Å². The normalized spacial score (nSPS) is 15.2. The summed E-state index contributed by atoms with van der Waals surface area (Å²) >= 11 is 6.29. The highest BCUT2D eigenvalue weighted by atomic mass is 35.5. The van der Waals surface area contributed by atoms with Gasteiger partial charge in [-0.25, -0.2) is 4.98 Å². The lowest BCUT2D eigenvalue weighted by atomic mass is 10.1. The summed E-state index contributed by atoms with van der Waals surface area (Å²) in [6.07, 6.45) is 1.80. The minimum Gasteiger partial charge on any atom is -0.353 e. The molecule has 2 aromatic heterocycles. The molecule has 3 heterocycles. The number of benzene rings is 2. The Morgan fingerprint density at radius 1 is 0.969 bits per heavy atom. The van der Waals surface area contributed by atoms with E-state index in [9.17, 15) is 4.79 Å². The molecule has 1 aliphatic heterocycles. The molecular weight excluding hydrogens is 422 g/mol. The first kappa shape index (κ1) is 20.5. The van der Waals surface area contributed by atoms with Gasteiger partial charge in [0.05, 0.1) is 5.52 Å². The standard InChI is InChI=1S/C25H24ClN5O/c1-18(25(32)30-15-13-29(14-16-30)23-9-5-6-12-27-23)31-22-11-10-20(26)17-21(22)24(28-31)19-7-3-2-4-8-19/h2-12,17-18H,13-16H2,1H3/t18-/m1/s1. The summed E-state index contributed by atoms with van der Waals surface area (Å²) in [5.41, 5.74) is 2.74. The lowest BCUT2D eigenvalue weighted by Gasteiger charge is -2.36. The molecule has 7 heteroatoms. The molecule has 1 fully saturated rings. The molecule has 0 bridgehead atoms. The lowest BCUT2D eigenvalue weighted by Crippen LogP contribution is -2.50. The number of pyridine rings is 1. The van der Waals surface area contributed by atoms with E-state index < -0.39 is 6.04 Å². The Labute approximate surface area is 192 Å². The Kier molecular flexibility index (Phi) is 5.53. The highest BCUT2D eigenvalue weighted by Crippen LogP contribution is 2.32. The second kappa shape index (κ2) is 8.63. The molecule has 0 N–H and O–H groups in total. The molecule has 1 amide bonds. The summed E-state index contributed by atoms with van der Waals surface area (Å²) in [4.78, 5) is 22.0. The fraction of sp³-hybridized carbons (Fsp3) is 0.240. The van der Waals surface area contributed by atoms with Gasteiger partial charge >= 0.3 is 0 Å². The Morgan fingerprint density at radius 2 is 1.72 bits per heavy atom. The van der Waals surface area contributed by atoms with Crippen LogP contribution in [-0.4, -0.2) is 51.8 Å². The van der Waals surface area contributed by atoms with Gasteiger partial charge in [-0.3, -0.25) is 9.48 Å². The Bertz CT molecular complexity index is 1230. The largest absolute Gasteiger partial charge is 0.353 e. The molecular formula is C25H24ClN5O. The SMILES string of the molecule is C[C@H](C(=O)N1CCN(c2ccccn2)CC1)n1nc(-c2ccccc2)c2cc(Cl)ccc21. The lowest BCUT2D eigenvalue weighted by molar-refractivity contribution is -0.134. The second-order valence-corrected chi connectivity index (χ2v) is 8.43. The maximum Gasteiger partial charge on any atom is 0.247 e. The number of aromatic nitrogens is 3. The molecule has 0 spiro atoms. The molecule has 32 heavy (non-hydrogen) atoms. The number of piperazine rings is 1. The zero-order valence-electron chi connectivity index (χ0n) is 17.9. The van der Waals surface area contributed by atoms with E-state index in [1.807, 2.05) is 83.2 Å². The number of fused-ring (bicyclic) bond motifs is 1. The maximum atomic E-state index is 13.4. The van der Waals surface area contributed by atoms with Crippen LogP contribution < -0.4 is 4.90 Å². The monoisotopic (exact) mass is 445 g/mol. The predicted octanol–water partition coefficient (Wildman–Crippen LogP) is 4.66. The van der Waals surface area contributed by atoms with Gasteiger partial charge in [0.1, 0.15) is 17.6 Å². The summed E-state index contributed by atoms with van der Waals surface area (Å²) in [6, 6.07) is 21.2. The molecule has 0 saturated carbocycles. The number of anilines is 1. The molecule has 0 unspecified atom stereocenters. The van der Waals surface area contributed by atoms with Gasteiger partial charge in [0.25, 0.3) is 0 Å². The molecule has 1 saturated heterocycles. The Morgan fingerprint density at radius 3 is 2.44 bits per heavy atom. The van der Waals surface area contributed by atoms with Crippen LogP contribution in [0.25, 0.3) is 22.2 Å². The third-order valence-electron chi connectivity index (χ3n) is 6.00. The van der Waals surface area contributed by atoms with Crippen LogP contribution in [0.3, 0.4) is 0 Å². The highest BCUT2D eigenvalue weighted by molar-refractivity contribution is 6.31. The molecule has 4 aromatic rings. The van der Waals surface area contributed by atoms with Crippen LogP contribution in [-0.2, 0) is 4.79 Å². The number of rotatable bonds is 4. The van der Waals surface area contributed by atoms with Crippen LogP contribution in [0.15, 0.2) is 72.9 Å². The van der Waals surface area contributed by atoms with E-state index in [4.69, 9.17) is 16.7 Å². The van der Waals surface area contributed by atoms with Crippen LogP contribution in [0.1, 0.15) is 13.0 Å². The summed E-state index contributed by atoms with van der Waals surface area (Å²) in [5, 5.41) is 6.47. The third kappa shape index (κ3) is 3.82. The molecule has 1 atom stereocenters. The minimum absolute atomic E-state index is 0.0737. The van der Waals surface area contributed by atoms with Crippen molar-refractivity contribution >= 4 is 34.2 Å². The Balaban J connectivity index is 1.40. The van der Waals surface area contributed by atoms with Crippen LogP contribution >= 0.6 is 11.6 Å². The van der Waals surface area contributed by atoms with Gasteiger partial charge in [0, 0.05) is 48.3 Å². The van der Waals surface area contributed by atoms with Gasteiger partial charge in [-0.15, -0.1) is 0 Å². The molecule has 5 rings (SSSR count). The summed E-state index contributed by atoms with van der Waals surface area (Å²) in [7, 11) is 0. The van der Waals surface area contributed by atoms with Crippen molar-refractivity contribution in [3.63, 3.8) is 0 Å². The number of carbonyl (C=O) groups is 1. The Hall–Kier alpha value is -3.38. The average molecular weight is 446 g/mol. The number of nitrogens with zero attached hydrogens (tertiary/aromatic N) is 5. The zero-order chi connectivity index (χ0) is 22.1. The number of halogens is 1. The summed E-state index contributed by atoms with van der Waals surface area (Å²) in [6.45, 7) is 4.77. The molecule has 0 radical (unpaired) electrons. The first-order valence-corrected chi connectivity index (χ1v) is 11.2. The number of amides is 1. The van der Waals surface area contributed by atoms with E-state index in [-0.39, 0.29) is 5.91 Å². The maximum absolute atomic E-state index is 13.4. The molecule has 0 aliphatic carbocycles. The van der Waals surface area contributed by atoms with Gasteiger partial charge < -0.3 is 9.80 Å². The molecule has 162 valence electrons. The second-order valence-electron chi connectivity index (χ2n) is 8.00. The van der Waals surface area contributed by atoms with Gasteiger partial charge in [-0.05, 0) is 37.3 Å². The van der Waals surface area contributed by atoms with E-state index in [2.05, 4.69) is 9.88 Å². The molecule has 2 aromatic carbocycles. The van der Waals surface area contributed by atoms with Crippen LogP contribution in [0.5, 0.6) is 0 Å². The topological polar surface area (TPSA) is 54.3 Å². The predicted molar refractivity (Wildman–Crippen MR) is 128 cm³/mol. The summed E-state index contributed by atoms with van der Waals surface area (Å²) < 4.78 is 1.83.